The Morgan fingerprint density at radius 3 is 2.04 bits per heavy atom. The largest absolute Gasteiger partial charge is 0.279 e. The fourth-order valence-electron chi connectivity index (χ4n) is 4.77. The summed E-state index contributed by atoms with van der Waals surface area (Å²) >= 11 is 0. The first-order chi connectivity index (χ1) is 12.5. The highest BCUT2D eigenvalue weighted by Gasteiger charge is 2.49. The lowest BCUT2D eigenvalue weighted by Crippen LogP contribution is -2.54. The number of piperidine rings is 1. The number of hydrogen-bond acceptors (Lipinski definition) is 4. The Bertz CT molecular complexity index is 778. The number of amides is 2. The van der Waals surface area contributed by atoms with Crippen LogP contribution in [0.5, 0.6) is 0 Å². The van der Waals surface area contributed by atoms with Crippen LogP contribution >= 0.6 is 0 Å². The molecule has 7 heteroatoms. The average molecular weight is 376 g/mol. The maximum absolute atomic E-state index is 13.0. The molecule has 6 nitrogen and oxygen atoms in total. The maximum atomic E-state index is 13.0. The van der Waals surface area contributed by atoms with Gasteiger partial charge in [0, 0.05) is 31.0 Å². The van der Waals surface area contributed by atoms with Crippen LogP contribution in [0.4, 0.5) is 0 Å². The number of carbonyl (C=O) groups excluding carboxylic acids is 2. The van der Waals surface area contributed by atoms with Gasteiger partial charge in [-0.2, -0.15) is 4.31 Å². The minimum Gasteiger partial charge on any atom is -0.279 e. The van der Waals surface area contributed by atoms with Gasteiger partial charge in [-0.1, -0.05) is 30.3 Å². The number of imide groups is 1. The van der Waals surface area contributed by atoms with Gasteiger partial charge in [0.25, 0.3) is 0 Å². The molecule has 3 aliphatic heterocycles. The second-order valence-corrected chi connectivity index (χ2v) is 9.54. The van der Waals surface area contributed by atoms with Gasteiger partial charge in [0.1, 0.15) is 0 Å². The van der Waals surface area contributed by atoms with E-state index in [1.807, 2.05) is 30.3 Å². The maximum Gasteiger partial charge on any atom is 0.229 e. The molecule has 0 aromatic heterocycles. The molecule has 3 fully saturated rings. The van der Waals surface area contributed by atoms with E-state index >= 15 is 0 Å². The van der Waals surface area contributed by atoms with Crippen LogP contribution in [0, 0.1) is 0 Å². The van der Waals surface area contributed by atoms with Gasteiger partial charge in [-0.3, -0.25) is 14.5 Å². The summed E-state index contributed by atoms with van der Waals surface area (Å²) in [5.41, 5.74) is 1.02. The third kappa shape index (κ3) is 3.18. The van der Waals surface area contributed by atoms with Gasteiger partial charge in [0.2, 0.25) is 21.8 Å². The highest BCUT2D eigenvalue weighted by Crippen LogP contribution is 2.40. The minimum atomic E-state index is -3.35. The lowest BCUT2D eigenvalue weighted by atomic mass is 9.98. The van der Waals surface area contributed by atoms with Crippen molar-refractivity contribution in [3.63, 3.8) is 0 Å². The highest BCUT2D eigenvalue weighted by atomic mass is 32.2. The van der Waals surface area contributed by atoms with E-state index in [0.29, 0.717) is 32.1 Å². The van der Waals surface area contributed by atoms with Crippen molar-refractivity contribution in [2.75, 3.05) is 5.75 Å². The summed E-state index contributed by atoms with van der Waals surface area (Å²) in [6.07, 6.45) is 3.90. The zero-order valence-electron chi connectivity index (χ0n) is 14.7. The molecule has 0 saturated carbocycles. The molecule has 0 N–H and O–H groups in total. The van der Waals surface area contributed by atoms with Crippen molar-refractivity contribution in [2.24, 2.45) is 0 Å². The predicted octanol–water partition coefficient (Wildman–Crippen LogP) is 1.70. The van der Waals surface area contributed by atoms with Gasteiger partial charge in [-0.05, 0) is 37.7 Å². The van der Waals surface area contributed by atoms with Crippen molar-refractivity contribution < 1.29 is 18.0 Å². The summed E-state index contributed by atoms with van der Waals surface area (Å²) in [4.78, 5) is 25.5. The molecule has 1 aromatic carbocycles. The van der Waals surface area contributed by atoms with E-state index in [9.17, 15) is 18.0 Å². The highest BCUT2D eigenvalue weighted by molar-refractivity contribution is 7.89. The summed E-state index contributed by atoms with van der Waals surface area (Å²) in [5.74, 6) is -0.0874. The molecule has 4 rings (SSSR count). The first kappa shape index (κ1) is 17.7. The second-order valence-electron chi connectivity index (χ2n) is 7.55. The zero-order chi connectivity index (χ0) is 18.3. The molecule has 3 aliphatic rings. The Morgan fingerprint density at radius 2 is 1.46 bits per heavy atom. The number of rotatable bonds is 5. The van der Waals surface area contributed by atoms with E-state index in [2.05, 4.69) is 0 Å². The van der Waals surface area contributed by atoms with Gasteiger partial charge >= 0.3 is 0 Å². The fourth-order valence-corrected chi connectivity index (χ4v) is 6.76. The molecule has 0 aliphatic carbocycles. The van der Waals surface area contributed by atoms with E-state index in [1.54, 1.807) is 4.31 Å². The van der Waals surface area contributed by atoms with Gasteiger partial charge in [-0.25, -0.2) is 8.42 Å². The van der Waals surface area contributed by atoms with E-state index in [1.165, 1.54) is 4.90 Å². The monoisotopic (exact) mass is 376 g/mol. The van der Waals surface area contributed by atoms with Gasteiger partial charge in [0.05, 0.1) is 5.75 Å². The van der Waals surface area contributed by atoms with Gasteiger partial charge in [0.15, 0.2) is 0 Å². The molecule has 2 unspecified atom stereocenters. The molecule has 1 aromatic rings. The Labute approximate surface area is 154 Å². The molecular formula is C19H24N2O4S. The average Bonchev–Trinajstić information content (AvgIpc) is 3.11. The summed E-state index contributed by atoms with van der Waals surface area (Å²) in [6.45, 7) is 0. The summed E-state index contributed by atoms with van der Waals surface area (Å²) in [7, 11) is -3.35. The number of sulfonamides is 1. The number of benzene rings is 1. The van der Waals surface area contributed by atoms with Crippen molar-refractivity contribution in [3.05, 3.63) is 35.9 Å². The number of nitrogens with zero attached hydrogens (tertiary/aromatic N) is 2. The molecule has 2 atom stereocenters. The molecule has 2 bridgehead atoms. The quantitative estimate of drug-likeness (QED) is 0.733. The number of aryl methyl sites for hydroxylation is 1. The summed E-state index contributed by atoms with van der Waals surface area (Å²) in [5, 5.41) is 0. The summed E-state index contributed by atoms with van der Waals surface area (Å²) < 4.78 is 27.6. The molecular weight excluding hydrogens is 352 g/mol. The normalized spacial score (nSPS) is 29.5. The molecule has 0 radical (unpaired) electrons. The third-order valence-corrected chi connectivity index (χ3v) is 7.87. The lowest BCUT2D eigenvalue weighted by molar-refractivity contribution is -0.142. The first-order valence-corrected chi connectivity index (χ1v) is 11.0. The first-order valence-electron chi connectivity index (χ1n) is 9.36. The number of carbonyl (C=O) groups is 2. The van der Waals surface area contributed by atoms with Crippen molar-refractivity contribution >= 4 is 21.8 Å². The number of fused-ring (bicyclic) bond motifs is 2. The lowest BCUT2D eigenvalue weighted by Gasteiger charge is -2.40. The Hall–Kier alpha value is -1.73. The molecule has 140 valence electrons. The molecule has 0 spiro atoms. The predicted molar refractivity (Wildman–Crippen MR) is 96.7 cm³/mol. The van der Waals surface area contributed by atoms with Gasteiger partial charge in [-0.15, -0.1) is 0 Å². The van der Waals surface area contributed by atoms with Crippen LogP contribution in [-0.4, -0.2) is 53.3 Å². The van der Waals surface area contributed by atoms with Crippen LogP contribution in [0.1, 0.15) is 44.1 Å². The summed E-state index contributed by atoms with van der Waals surface area (Å²) in [6, 6.07) is 9.35. The molecule has 26 heavy (non-hydrogen) atoms. The smallest absolute Gasteiger partial charge is 0.229 e. The number of hydrogen-bond donors (Lipinski definition) is 0. The topological polar surface area (TPSA) is 74.8 Å². The molecule has 3 saturated heterocycles. The second kappa shape index (κ2) is 6.78. The van der Waals surface area contributed by atoms with Crippen molar-refractivity contribution in [2.45, 2.75) is 63.1 Å². The minimum absolute atomic E-state index is 0.0827. The van der Waals surface area contributed by atoms with Crippen LogP contribution in [0.2, 0.25) is 0 Å². The standard InChI is InChI=1S/C19H24N2O4S/c22-18-8-9-19(23)20(18)17-12-15-6-7-16(13-17)21(15)26(24,25)11-10-14-4-2-1-3-5-14/h1-5,15-17H,6-13H2. The Kier molecular flexibility index (Phi) is 4.61. The molecule has 2 amide bonds. The Morgan fingerprint density at radius 1 is 0.885 bits per heavy atom. The van der Waals surface area contributed by atoms with Crippen LogP contribution in [0.25, 0.3) is 0 Å². The van der Waals surface area contributed by atoms with Crippen LogP contribution < -0.4 is 0 Å². The SMILES string of the molecule is O=C1CCC(=O)N1C1CC2CCC(C1)N2S(=O)(=O)CCc1ccccc1. The van der Waals surface area contributed by atoms with Crippen molar-refractivity contribution in [1.29, 1.82) is 0 Å². The van der Waals surface area contributed by atoms with Crippen molar-refractivity contribution in [1.82, 2.24) is 9.21 Å². The van der Waals surface area contributed by atoms with E-state index in [0.717, 1.165) is 18.4 Å². The van der Waals surface area contributed by atoms with Crippen LogP contribution in [0.3, 0.4) is 0 Å². The van der Waals surface area contributed by atoms with Crippen LogP contribution in [-0.2, 0) is 26.0 Å². The van der Waals surface area contributed by atoms with Crippen LogP contribution in [0.15, 0.2) is 30.3 Å². The molecule has 3 heterocycles. The third-order valence-electron chi connectivity index (χ3n) is 5.91. The zero-order valence-corrected chi connectivity index (χ0v) is 15.5. The van der Waals surface area contributed by atoms with E-state index in [4.69, 9.17) is 0 Å². The van der Waals surface area contributed by atoms with E-state index in [-0.39, 0.29) is 35.7 Å². The van der Waals surface area contributed by atoms with E-state index < -0.39 is 10.0 Å². The van der Waals surface area contributed by atoms with Gasteiger partial charge < -0.3 is 0 Å². The number of likely N-dealkylation sites (tertiary alicyclic amines) is 1. The van der Waals surface area contributed by atoms with Crippen molar-refractivity contribution in [3.8, 4) is 0 Å². The Balaban J connectivity index is 1.46. The fraction of sp³-hybridized carbons (Fsp3) is 0.579.